The maximum atomic E-state index is 13.6. The van der Waals surface area contributed by atoms with E-state index in [1.165, 1.54) is 21.9 Å². The third kappa shape index (κ3) is 2.77. The fourth-order valence-corrected chi connectivity index (χ4v) is 4.51. The molecule has 0 saturated carbocycles. The van der Waals surface area contributed by atoms with E-state index in [0.717, 1.165) is 17.1 Å². The van der Waals surface area contributed by atoms with Gasteiger partial charge in [0.15, 0.2) is 12.2 Å². The van der Waals surface area contributed by atoms with E-state index in [1.807, 2.05) is 47.9 Å². The second-order valence-corrected chi connectivity index (χ2v) is 8.17. The molecule has 0 aliphatic carbocycles. The predicted octanol–water partition coefficient (Wildman–Crippen LogP) is 2.94. The molecule has 2 aromatic rings. The van der Waals surface area contributed by atoms with Crippen LogP contribution in [0.3, 0.4) is 0 Å². The highest BCUT2D eigenvalue weighted by molar-refractivity contribution is 6.11. The van der Waals surface area contributed by atoms with Crippen molar-refractivity contribution in [2.45, 2.75) is 32.6 Å². The molecule has 32 heavy (non-hydrogen) atoms. The summed E-state index contributed by atoms with van der Waals surface area (Å²) in [6.07, 6.45) is -0.648. The molecule has 2 aromatic carbocycles. The molecule has 2 atom stereocenters. The highest BCUT2D eigenvalue weighted by Crippen LogP contribution is 2.41. The smallest absolute Gasteiger partial charge is 0.328 e. The Labute approximate surface area is 185 Å². The number of imide groups is 1. The number of hydrogen-bond donors (Lipinski definition) is 1. The summed E-state index contributed by atoms with van der Waals surface area (Å²) in [4.78, 5) is 37.9. The van der Waals surface area contributed by atoms with Gasteiger partial charge in [-0.05, 0) is 43.7 Å². The van der Waals surface area contributed by atoms with Crippen molar-refractivity contribution in [3.63, 3.8) is 0 Å². The number of likely N-dealkylation sites (N-methyl/N-ethyl adjacent to an activating group) is 1. The van der Waals surface area contributed by atoms with Crippen LogP contribution in [0.1, 0.15) is 19.4 Å². The molecule has 3 aliphatic heterocycles. The number of carbonyl (C=O) groups excluding carboxylic acids is 2. The molecule has 3 heterocycles. The highest BCUT2D eigenvalue weighted by atomic mass is 19.1. The van der Waals surface area contributed by atoms with E-state index in [-0.39, 0.29) is 18.3 Å². The molecule has 1 fully saturated rings. The summed E-state index contributed by atoms with van der Waals surface area (Å²) in [5.74, 6) is -0.134. The van der Waals surface area contributed by atoms with Gasteiger partial charge in [-0.2, -0.15) is 0 Å². The van der Waals surface area contributed by atoms with E-state index in [9.17, 15) is 14.0 Å². The first-order valence-corrected chi connectivity index (χ1v) is 10.3. The van der Waals surface area contributed by atoms with Crippen molar-refractivity contribution in [1.29, 1.82) is 0 Å². The summed E-state index contributed by atoms with van der Waals surface area (Å²) < 4.78 is 13.3. The number of hydrogen-bond acceptors (Lipinski definition) is 6. The van der Waals surface area contributed by atoms with E-state index in [1.54, 1.807) is 19.2 Å². The number of benzene rings is 2. The number of rotatable bonds is 3. The van der Waals surface area contributed by atoms with Crippen LogP contribution in [0.2, 0.25) is 0 Å². The lowest BCUT2D eigenvalue weighted by Crippen LogP contribution is -2.64. The zero-order valence-corrected chi connectivity index (χ0v) is 18.0. The topological polar surface area (TPSA) is 85.5 Å². The van der Waals surface area contributed by atoms with Gasteiger partial charge in [-0.3, -0.25) is 19.5 Å². The van der Waals surface area contributed by atoms with Crippen molar-refractivity contribution in [3.05, 3.63) is 71.3 Å². The minimum Gasteiger partial charge on any atom is -0.397 e. The lowest BCUT2D eigenvalue weighted by Gasteiger charge is -2.40. The number of para-hydroxylation sites is 2. The number of aliphatic imine (C=N–C) groups is 1. The second kappa shape index (κ2) is 7.08. The van der Waals surface area contributed by atoms with Crippen LogP contribution >= 0.6 is 0 Å². The molecule has 8 nitrogen and oxygen atoms in total. The van der Waals surface area contributed by atoms with E-state index in [4.69, 9.17) is 10.7 Å². The Kier molecular flexibility index (Phi) is 4.44. The number of amides is 3. The molecule has 0 spiro atoms. The van der Waals surface area contributed by atoms with Gasteiger partial charge in [0.05, 0.1) is 17.9 Å². The summed E-state index contributed by atoms with van der Waals surface area (Å²) in [5, 5.41) is 0. The van der Waals surface area contributed by atoms with E-state index in [0.29, 0.717) is 17.2 Å². The van der Waals surface area contributed by atoms with Crippen molar-refractivity contribution in [1.82, 2.24) is 14.7 Å². The van der Waals surface area contributed by atoms with Crippen LogP contribution in [0.25, 0.3) is 0 Å². The van der Waals surface area contributed by atoms with Crippen LogP contribution in [0, 0.1) is 5.82 Å². The highest BCUT2D eigenvalue weighted by Gasteiger charge is 2.56. The molecule has 9 heteroatoms. The minimum atomic E-state index is -0.682. The SMILES string of the molecule is CC1=C(C)N2C(=NC3C2C(=O)N(Cc2ccc(F)cc2)C(=O)N3C)N1c1ccccc1N. The first-order chi connectivity index (χ1) is 15.3. The van der Waals surface area contributed by atoms with Crippen LogP contribution in [-0.2, 0) is 11.3 Å². The fourth-order valence-electron chi connectivity index (χ4n) is 4.51. The number of nitrogens with two attached hydrogens (primary N) is 1. The number of carbonyl (C=O) groups is 2. The third-order valence-corrected chi connectivity index (χ3v) is 6.32. The summed E-state index contributed by atoms with van der Waals surface area (Å²) in [5.41, 5.74) is 10.0. The summed E-state index contributed by atoms with van der Waals surface area (Å²) in [6, 6.07) is 12.1. The van der Waals surface area contributed by atoms with Crippen molar-refractivity contribution in [3.8, 4) is 0 Å². The first kappa shape index (κ1) is 20.0. The summed E-state index contributed by atoms with van der Waals surface area (Å²) in [7, 11) is 1.64. The van der Waals surface area contributed by atoms with Gasteiger partial charge < -0.3 is 10.6 Å². The second-order valence-electron chi connectivity index (χ2n) is 8.17. The average Bonchev–Trinajstić information content (AvgIpc) is 3.27. The van der Waals surface area contributed by atoms with Gasteiger partial charge in [-0.1, -0.05) is 24.3 Å². The Bertz CT molecular complexity index is 1190. The molecule has 2 N–H and O–H groups in total. The molecule has 0 bridgehead atoms. The zero-order valence-electron chi connectivity index (χ0n) is 18.0. The molecule has 3 aliphatic rings. The number of urea groups is 1. The standard InChI is InChI=1S/C23H23FN6O2/c1-13-14(2)30-19-20(26-22(30)29(13)18-7-5-4-6-17(18)25)27(3)23(32)28(21(19)31)12-15-8-10-16(24)11-9-15/h4-11,19-20H,12,25H2,1-3H3. The van der Waals surface area contributed by atoms with Gasteiger partial charge in [0.1, 0.15) is 5.82 Å². The normalized spacial score (nSPS) is 22.6. The number of nitrogens with zero attached hydrogens (tertiary/aromatic N) is 5. The number of nitrogen functional groups attached to an aromatic ring is 1. The van der Waals surface area contributed by atoms with E-state index < -0.39 is 18.2 Å². The Morgan fingerprint density at radius 3 is 2.41 bits per heavy atom. The van der Waals surface area contributed by atoms with Gasteiger partial charge in [0, 0.05) is 18.4 Å². The number of allylic oxidation sites excluding steroid dienone is 2. The molecular weight excluding hydrogens is 411 g/mol. The Morgan fingerprint density at radius 2 is 1.72 bits per heavy atom. The Balaban J connectivity index is 1.52. The van der Waals surface area contributed by atoms with Crippen LogP contribution in [0.15, 0.2) is 64.9 Å². The van der Waals surface area contributed by atoms with Gasteiger partial charge in [-0.15, -0.1) is 0 Å². The molecular formula is C23H23FN6O2. The van der Waals surface area contributed by atoms with E-state index >= 15 is 0 Å². The summed E-state index contributed by atoms with van der Waals surface area (Å²) >= 11 is 0. The van der Waals surface area contributed by atoms with Crippen LogP contribution in [0.4, 0.5) is 20.6 Å². The zero-order chi connectivity index (χ0) is 22.7. The van der Waals surface area contributed by atoms with Gasteiger partial charge >= 0.3 is 6.03 Å². The monoisotopic (exact) mass is 434 g/mol. The minimum absolute atomic E-state index is 0.0613. The predicted molar refractivity (Wildman–Crippen MR) is 119 cm³/mol. The van der Waals surface area contributed by atoms with Gasteiger partial charge in [0.2, 0.25) is 5.96 Å². The molecule has 5 rings (SSSR count). The van der Waals surface area contributed by atoms with Crippen molar-refractivity contribution < 1.29 is 14.0 Å². The summed E-state index contributed by atoms with van der Waals surface area (Å²) in [6.45, 7) is 3.95. The molecule has 0 aromatic heterocycles. The van der Waals surface area contributed by atoms with Gasteiger partial charge in [0.25, 0.3) is 5.91 Å². The number of guanidine groups is 1. The van der Waals surface area contributed by atoms with E-state index in [2.05, 4.69) is 0 Å². The van der Waals surface area contributed by atoms with Gasteiger partial charge in [-0.25, -0.2) is 14.2 Å². The molecule has 0 radical (unpaired) electrons. The largest absolute Gasteiger partial charge is 0.397 e. The maximum Gasteiger partial charge on any atom is 0.328 e. The maximum absolute atomic E-state index is 13.6. The lowest BCUT2D eigenvalue weighted by atomic mass is 10.1. The van der Waals surface area contributed by atoms with Crippen LogP contribution in [-0.4, -0.2) is 51.9 Å². The first-order valence-electron chi connectivity index (χ1n) is 10.3. The quantitative estimate of drug-likeness (QED) is 0.751. The average molecular weight is 434 g/mol. The third-order valence-electron chi connectivity index (χ3n) is 6.32. The Morgan fingerprint density at radius 1 is 1.03 bits per heavy atom. The van der Waals surface area contributed by atoms with Crippen molar-refractivity contribution in [2.24, 2.45) is 4.99 Å². The van der Waals surface area contributed by atoms with Crippen molar-refractivity contribution >= 4 is 29.3 Å². The van der Waals surface area contributed by atoms with Crippen LogP contribution < -0.4 is 10.6 Å². The number of halogens is 1. The number of anilines is 2. The number of fused-ring (bicyclic) bond motifs is 3. The van der Waals surface area contributed by atoms with Crippen LogP contribution in [0.5, 0.6) is 0 Å². The lowest BCUT2D eigenvalue weighted by molar-refractivity contribution is -0.137. The molecule has 2 unspecified atom stereocenters. The molecule has 3 amide bonds. The molecule has 1 saturated heterocycles. The molecule has 164 valence electrons. The fraction of sp³-hybridized carbons (Fsp3) is 0.261. The van der Waals surface area contributed by atoms with Crippen molar-refractivity contribution in [2.75, 3.05) is 17.7 Å². The Hall–Kier alpha value is -3.88.